The summed E-state index contributed by atoms with van der Waals surface area (Å²) in [6, 6.07) is 17.2. The lowest BCUT2D eigenvalue weighted by Crippen LogP contribution is -2.17. The van der Waals surface area contributed by atoms with Crippen molar-refractivity contribution in [1.29, 1.82) is 0 Å². The molecule has 3 aromatic carbocycles. The van der Waals surface area contributed by atoms with Crippen molar-refractivity contribution in [3.05, 3.63) is 79.1 Å². The van der Waals surface area contributed by atoms with Crippen molar-refractivity contribution in [3.63, 3.8) is 0 Å². The molecule has 0 aliphatic carbocycles. The minimum Gasteiger partial charge on any atom is -0.506 e. The molecule has 0 amide bonds. The topological polar surface area (TPSA) is 59.4 Å². The van der Waals surface area contributed by atoms with E-state index in [1.807, 2.05) is 0 Å². The van der Waals surface area contributed by atoms with Crippen LogP contribution in [-0.4, -0.2) is 20.7 Å². The van der Waals surface area contributed by atoms with E-state index < -0.39 is 22.9 Å². The maximum atomic E-state index is 13.4. The van der Waals surface area contributed by atoms with Crippen LogP contribution in [0.2, 0.25) is 0 Å². The third-order valence-corrected chi connectivity index (χ3v) is 5.85. The summed E-state index contributed by atoms with van der Waals surface area (Å²) in [5.41, 5.74) is 1.04. The molecule has 4 rings (SSSR count). The third-order valence-electron chi connectivity index (χ3n) is 4.39. The summed E-state index contributed by atoms with van der Waals surface area (Å²) in [6.07, 6.45) is -1.71. The second-order valence-electron chi connectivity index (χ2n) is 6.36. The van der Waals surface area contributed by atoms with Gasteiger partial charge in [0, 0.05) is 33.8 Å². The van der Waals surface area contributed by atoms with E-state index in [-0.39, 0.29) is 15.5 Å². The molecule has 1 atom stereocenters. The number of aromatic nitrogens is 1. The molecule has 1 unspecified atom stereocenters. The number of halogens is 3. The fourth-order valence-electron chi connectivity index (χ4n) is 3.14. The SMILES string of the molecule is O=S(c1cccc(OC(F)(F)F)c1)c1c(O)c(-c2cccnc2)cc2ccccc12. The minimum absolute atomic E-state index is 0.0699. The molecule has 152 valence electrons. The molecule has 1 heterocycles. The fraction of sp³-hybridized carbons (Fsp3) is 0.0455. The van der Waals surface area contributed by atoms with Crippen molar-refractivity contribution in [2.45, 2.75) is 16.2 Å². The van der Waals surface area contributed by atoms with Crippen molar-refractivity contribution < 1.29 is 27.2 Å². The molecule has 4 aromatic rings. The first-order valence-electron chi connectivity index (χ1n) is 8.76. The van der Waals surface area contributed by atoms with Crippen LogP contribution in [0.25, 0.3) is 21.9 Å². The van der Waals surface area contributed by atoms with Crippen LogP contribution in [-0.2, 0) is 10.8 Å². The summed E-state index contributed by atoms with van der Waals surface area (Å²) >= 11 is 0. The number of phenols is 1. The van der Waals surface area contributed by atoms with Crippen LogP contribution in [0.3, 0.4) is 0 Å². The highest BCUT2D eigenvalue weighted by Gasteiger charge is 2.31. The van der Waals surface area contributed by atoms with E-state index in [9.17, 15) is 22.5 Å². The quantitative estimate of drug-likeness (QED) is 0.454. The second kappa shape index (κ2) is 7.79. The Bertz CT molecular complexity index is 1240. The van der Waals surface area contributed by atoms with E-state index in [0.29, 0.717) is 16.5 Å². The zero-order valence-corrected chi connectivity index (χ0v) is 16.1. The van der Waals surface area contributed by atoms with E-state index in [4.69, 9.17) is 0 Å². The Labute approximate surface area is 172 Å². The Hall–Kier alpha value is -3.39. The summed E-state index contributed by atoms with van der Waals surface area (Å²) in [5.74, 6) is -0.706. The number of hydrogen-bond donors (Lipinski definition) is 1. The predicted octanol–water partition coefficient (Wildman–Crippen LogP) is 5.67. The highest BCUT2D eigenvalue weighted by Crippen LogP contribution is 2.41. The molecule has 0 saturated heterocycles. The second-order valence-corrected chi connectivity index (χ2v) is 7.77. The molecule has 0 fully saturated rings. The van der Waals surface area contributed by atoms with Gasteiger partial charge in [0.2, 0.25) is 0 Å². The molecule has 0 radical (unpaired) electrons. The lowest BCUT2D eigenvalue weighted by atomic mass is 10.0. The molecule has 0 bridgehead atoms. The summed E-state index contributed by atoms with van der Waals surface area (Å²) < 4.78 is 55.0. The maximum Gasteiger partial charge on any atom is 0.573 e. The van der Waals surface area contributed by atoms with Crippen molar-refractivity contribution in [2.75, 3.05) is 0 Å². The fourth-order valence-corrected chi connectivity index (χ4v) is 4.47. The standard InChI is InChI=1S/C22H14F3NO3S/c23-22(24,25)29-16-7-3-8-17(12-16)30(28)21-18-9-2-1-5-14(18)11-19(20(21)27)15-6-4-10-26-13-15/h1-13,27H. The summed E-state index contributed by atoms with van der Waals surface area (Å²) in [7, 11) is -1.97. The number of aromatic hydroxyl groups is 1. The first kappa shape index (κ1) is 19.9. The van der Waals surface area contributed by atoms with Crippen LogP contribution >= 0.6 is 0 Å². The number of benzene rings is 3. The van der Waals surface area contributed by atoms with Gasteiger partial charge in [0.1, 0.15) is 11.5 Å². The van der Waals surface area contributed by atoms with Gasteiger partial charge < -0.3 is 9.84 Å². The van der Waals surface area contributed by atoms with Crippen LogP contribution in [0.15, 0.2) is 88.9 Å². The molecule has 1 N–H and O–H groups in total. The van der Waals surface area contributed by atoms with Gasteiger partial charge in [0.25, 0.3) is 0 Å². The van der Waals surface area contributed by atoms with Crippen molar-refractivity contribution in [3.8, 4) is 22.6 Å². The van der Waals surface area contributed by atoms with E-state index in [1.165, 1.54) is 12.1 Å². The highest BCUT2D eigenvalue weighted by molar-refractivity contribution is 7.85. The van der Waals surface area contributed by atoms with Gasteiger partial charge in [-0.25, -0.2) is 4.21 Å². The molecule has 8 heteroatoms. The summed E-state index contributed by atoms with van der Waals surface area (Å²) in [5, 5.41) is 12.2. The molecule has 0 aliphatic heterocycles. The lowest BCUT2D eigenvalue weighted by Gasteiger charge is -2.15. The Morgan fingerprint density at radius 3 is 2.50 bits per heavy atom. The Morgan fingerprint density at radius 1 is 0.967 bits per heavy atom. The number of rotatable bonds is 4. The van der Waals surface area contributed by atoms with E-state index in [1.54, 1.807) is 54.9 Å². The Kier molecular flexibility index (Phi) is 5.17. The van der Waals surface area contributed by atoms with Gasteiger partial charge in [-0.3, -0.25) is 4.98 Å². The smallest absolute Gasteiger partial charge is 0.506 e. The molecular formula is C22H14F3NO3S. The molecule has 30 heavy (non-hydrogen) atoms. The summed E-state index contributed by atoms with van der Waals surface area (Å²) in [6.45, 7) is 0. The average Bonchev–Trinajstić information content (AvgIpc) is 2.72. The van der Waals surface area contributed by atoms with Crippen molar-refractivity contribution in [2.24, 2.45) is 0 Å². The van der Waals surface area contributed by atoms with Gasteiger partial charge in [-0.05, 0) is 35.7 Å². The van der Waals surface area contributed by atoms with Gasteiger partial charge in [0.15, 0.2) is 0 Å². The van der Waals surface area contributed by atoms with E-state index in [2.05, 4.69) is 9.72 Å². The predicted molar refractivity (Wildman–Crippen MR) is 107 cm³/mol. The number of hydrogen-bond acceptors (Lipinski definition) is 4. The van der Waals surface area contributed by atoms with Gasteiger partial charge in [-0.2, -0.15) is 0 Å². The largest absolute Gasteiger partial charge is 0.573 e. The van der Waals surface area contributed by atoms with Crippen LogP contribution < -0.4 is 4.74 Å². The zero-order valence-electron chi connectivity index (χ0n) is 15.3. The van der Waals surface area contributed by atoms with Crippen LogP contribution in [0.4, 0.5) is 13.2 Å². The van der Waals surface area contributed by atoms with Gasteiger partial charge in [-0.15, -0.1) is 13.2 Å². The van der Waals surface area contributed by atoms with Gasteiger partial charge in [0.05, 0.1) is 15.7 Å². The zero-order chi connectivity index (χ0) is 21.3. The van der Waals surface area contributed by atoms with Crippen LogP contribution in [0, 0.1) is 0 Å². The number of nitrogens with zero attached hydrogens (tertiary/aromatic N) is 1. The first-order chi connectivity index (χ1) is 14.3. The first-order valence-corrected chi connectivity index (χ1v) is 9.91. The molecule has 0 saturated carbocycles. The number of phenolic OH excluding ortho intramolecular Hbond substituents is 1. The molecule has 1 aromatic heterocycles. The van der Waals surface area contributed by atoms with E-state index in [0.717, 1.165) is 17.5 Å². The number of ether oxygens (including phenoxy) is 1. The van der Waals surface area contributed by atoms with Crippen molar-refractivity contribution >= 4 is 21.6 Å². The number of fused-ring (bicyclic) bond motifs is 1. The number of alkyl halides is 3. The minimum atomic E-state index is -4.87. The molecule has 0 aliphatic rings. The molecular weight excluding hydrogens is 415 g/mol. The van der Waals surface area contributed by atoms with Crippen molar-refractivity contribution in [1.82, 2.24) is 4.98 Å². The normalized spacial score (nSPS) is 12.6. The Morgan fingerprint density at radius 2 is 1.77 bits per heavy atom. The molecule has 4 nitrogen and oxygen atoms in total. The molecule has 0 spiro atoms. The van der Waals surface area contributed by atoms with Crippen LogP contribution in [0.1, 0.15) is 0 Å². The highest BCUT2D eigenvalue weighted by atomic mass is 32.2. The van der Waals surface area contributed by atoms with Crippen LogP contribution in [0.5, 0.6) is 11.5 Å². The summed E-state index contributed by atoms with van der Waals surface area (Å²) in [4.78, 5) is 4.23. The van der Waals surface area contributed by atoms with Gasteiger partial charge >= 0.3 is 6.36 Å². The third kappa shape index (κ3) is 3.99. The number of pyridine rings is 1. The van der Waals surface area contributed by atoms with Gasteiger partial charge in [-0.1, -0.05) is 36.4 Å². The maximum absolute atomic E-state index is 13.4. The van der Waals surface area contributed by atoms with E-state index >= 15 is 0 Å². The monoisotopic (exact) mass is 429 g/mol. The Balaban J connectivity index is 1.89. The lowest BCUT2D eigenvalue weighted by molar-refractivity contribution is -0.274. The average molecular weight is 429 g/mol.